The van der Waals surface area contributed by atoms with Crippen LogP contribution in [0.3, 0.4) is 0 Å². The summed E-state index contributed by atoms with van der Waals surface area (Å²) in [6.45, 7) is 3.23. The van der Waals surface area contributed by atoms with Gasteiger partial charge in [-0.3, -0.25) is 4.79 Å². The van der Waals surface area contributed by atoms with Crippen LogP contribution in [0.25, 0.3) is 0 Å². The lowest BCUT2D eigenvalue weighted by Gasteiger charge is -2.50. The molecule has 1 amide bonds. The van der Waals surface area contributed by atoms with Gasteiger partial charge in [-0.25, -0.2) is 0 Å². The summed E-state index contributed by atoms with van der Waals surface area (Å²) < 4.78 is 18.1. The first kappa shape index (κ1) is 34.0. The van der Waals surface area contributed by atoms with Gasteiger partial charge in [-0.15, -0.1) is 0 Å². The molecule has 0 aromatic rings. The standard InChI is InChI=1S/C26H51N7O8/c1-26(38)12-39-25(20(36)23(26)31-2)41-22-16(33-24(37)17(34)6-8-28)10-15(30)18(19(22)35)21-14(29)5-4-13(40-21)11-32-9-3-7-27/h4,14-23,25,31-32,34-36,38H,3,5-12,27-30H2,1-2H3,(H,33,37)/t14-,15+,16-,17-,18-,19+,20-,21?,22+,23-,25-,26+/m1/s1. The van der Waals surface area contributed by atoms with Gasteiger partial charge in [-0.2, -0.15) is 0 Å². The zero-order valence-corrected chi connectivity index (χ0v) is 24.0. The Morgan fingerprint density at radius 1 is 1.22 bits per heavy atom. The molecule has 1 aliphatic carbocycles. The third-order valence-corrected chi connectivity index (χ3v) is 8.21. The largest absolute Gasteiger partial charge is 0.492 e. The van der Waals surface area contributed by atoms with E-state index in [0.29, 0.717) is 25.3 Å². The summed E-state index contributed by atoms with van der Waals surface area (Å²) in [5.41, 5.74) is 22.7. The Morgan fingerprint density at radius 2 is 1.95 bits per heavy atom. The molecule has 15 N–H and O–H groups in total. The summed E-state index contributed by atoms with van der Waals surface area (Å²) in [5, 5.41) is 52.4. The van der Waals surface area contributed by atoms with Crippen molar-refractivity contribution < 1.29 is 39.4 Å². The molecule has 2 aliphatic heterocycles. The smallest absolute Gasteiger partial charge is 0.249 e. The summed E-state index contributed by atoms with van der Waals surface area (Å²) in [4.78, 5) is 12.7. The van der Waals surface area contributed by atoms with Crippen molar-refractivity contribution in [3.63, 3.8) is 0 Å². The van der Waals surface area contributed by atoms with E-state index in [1.807, 2.05) is 6.08 Å². The van der Waals surface area contributed by atoms with Crippen LogP contribution in [-0.2, 0) is 19.0 Å². The third-order valence-electron chi connectivity index (χ3n) is 8.21. The second kappa shape index (κ2) is 15.3. The first-order chi connectivity index (χ1) is 19.4. The number of nitrogens with one attached hydrogen (secondary N) is 3. The van der Waals surface area contributed by atoms with Gasteiger partial charge in [0.2, 0.25) is 5.91 Å². The molecule has 0 aromatic heterocycles. The number of amides is 1. The zero-order valence-electron chi connectivity index (χ0n) is 24.0. The Hall–Kier alpha value is -1.47. The highest BCUT2D eigenvalue weighted by Gasteiger charge is 2.53. The number of nitrogens with two attached hydrogens (primary N) is 4. The van der Waals surface area contributed by atoms with Crippen LogP contribution in [0, 0.1) is 5.92 Å². The van der Waals surface area contributed by atoms with Gasteiger partial charge < -0.3 is 73.5 Å². The highest BCUT2D eigenvalue weighted by molar-refractivity contribution is 5.80. The van der Waals surface area contributed by atoms with E-state index in [4.69, 9.17) is 37.1 Å². The van der Waals surface area contributed by atoms with E-state index in [1.54, 1.807) is 7.05 Å². The molecule has 238 valence electrons. The minimum Gasteiger partial charge on any atom is -0.492 e. The maximum atomic E-state index is 12.7. The number of ether oxygens (including phenoxy) is 3. The maximum absolute atomic E-state index is 12.7. The number of aliphatic hydroxyl groups excluding tert-OH is 3. The van der Waals surface area contributed by atoms with E-state index in [0.717, 1.165) is 13.0 Å². The topological polar surface area (TPSA) is 266 Å². The molecule has 1 saturated carbocycles. The number of rotatable bonds is 13. The third kappa shape index (κ3) is 8.34. The molecule has 15 nitrogen and oxygen atoms in total. The molecule has 3 rings (SSSR count). The van der Waals surface area contributed by atoms with Crippen molar-refractivity contribution in [3.8, 4) is 0 Å². The van der Waals surface area contributed by atoms with Gasteiger partial charge in [0.15, 0.2) is 6.29 Å². The fourth-order valence-electron chi connectivity index (χ4n) is 5.97. The molecule has 1 saturated heterocycles. The first-order valence-electron chi connectivity index (χ1n) is 14.4. The molecule has 0 bridgehead atoms. The summed E-state index contributed by atoms with van der Waals surface area (Å²) in [6.07, 6.45) is -3.58. The van der Waals surface area contributed by atoms with Crippen molar-refractivity contribution in [2.45, 2.75) is 99.2 Å². The number of carbonyl (C=O) groups excluding carboxylic acids is 1. The van der Waals surface area contributed by atoms with Gasteiger partial charge in [0.05, 0.1) is 31.3 Å². The average molecular weight is 590 g/mol. The lowest BCUT2D eigenvalue weighted by atomic mass is 9.72. The van der Waals surface area contributed by atoms with Gasteiger partial charge >= 0.3 is 0 Å². The summed E-state index contributed by atoms with van der Waals surface area (Å²) in [7, 11) is 1.59. The van der Waals surface area contributed by atoms with Gasteiger partial charge in [0, 0.05) is 18.0 Å². The number of hydrogen-bond acceptors (Lipinski definition) is 14. The minimum atomic E-state index is -1.38. The van der Waals surface area contributed by atoms with Crippen molar-refractivity contribution in [3.05, 3.63) is 11.8 Å². The summed E-state index contributed by atoms with van der Waals surface area (Å²) >= 11 is 0. The van der Waals surface area contributed by atoms with Gasteiger partial charge in [0.1, 0.15) is 35.8 Å². The lowest BCUT2D eigenvalue weighted by Crippen LogP contribution is -2.69. The SMILES string of the molecule is CN[C@@H]1[C@@H](O)[C@@H](O[C@@H]2[C@@H](O)[C@H](C3OC(CNCCCN)=CC[C@H]3N)[C@@H](N)C[C@H]2NC(=O)[C@H](O)CCN)OC[C@]1(C)O. The van der Waals surface area contributed by atoms with E-state index < -0.39 is 78.4 Å². The second-order valence-electron chi connectivity index (χ2n) is 11.5. The molecular formula is C26H51N7O8. The highest BCUT2D eigenvalue weighted by atomic mass is 16.7. The second-order valence-corrected chi connectivity index (χ2v) is 11.5. The Balaban J connectivity index is 1.83. The monoisotopic (exact) mass is 589 g/mol. The molecule has 41 heavy (non-hydrogen) atoms. The van der Waals surface area contributed by atoms with E-state index in [-0.39, 0.29) is 26.0 Å². The summed E-state index contributed by atoms with van der Waals surface area (Å²) in [6, 6.07) is -2.78. The van der Waals surface area contributed by atoms with Gasteiger partial charge in [-0.05, 0) is 65.4 Å². The van der Waals surface area contributed by atoms with E-state index >= 15 is 0 Å². The van der Waals surface area contributed by atoms with Crippen molar-refractivity contribution >= 4 is 5.91 Å². The van der Waals surface area contributed by atoms with Crippen molar-refractivity contribution in [2.24, 2.45) is 28.9 Å². The van der Waals surface area contributed by atoms with Gasteiger partial charge in [-0.1, -0.05) is 0 Å². The molecule has 0 radical (unpaired) electrons. The molecule has 15 heteroatoms. The van der Waals surface area contributed by atoms with E-state index in [2.05, 4.69) is 16.0 Å². The number of hydrogen-bond donors (Lipinski definition) is 11. The summed E-state index contributed by atoms with van der Waals surface area (Å²) in [5.74, 6) is -0.711. The number of carbonyl (C=O) groups is 1. The normalized spacial score (nSPS) is 40.4. The number of aliphatic hydroxyl groups is 4. The maximum Gasteiger partial charge on any atom is 0.249 e. The predicted octanol–water partition coefficient (Wildman–Crippen LogP) is -4.73. The highest BCUT2D eigenvalue weighted by Crippen LogP contribution is 2.36. The van der Waals surface area contributed by atoms with Crippen LogP contribution < -0.4 is 38.9 Å². The van der Waals surface area contributed by atoms with Crippen LogP contribution in [0.2, 0.25) is 0 Å². The first-order valence-corrected chi connectivity index (χ1v) is 14.4. The fraction of sp³-hybridized carbons (Fsp3) is 0.885. The van der Waals surface area contributed by atoms with Crippen LogP contribution in [0.5, 0.6) is 0 Å². The van der Waals surface area contributed by atoms with Crippen LogP contribution in [0.4, 0.5) is 0 Å². The van der Waals surface area contributed by atoms with E-state index in [1.165, 1.54) is 6.92 Å². The van der Waals surface area contributed by atoms with Gasteiger partial charge in [0.25, 0.3) is 0 Å². The van der Waals surface area contributed by atoms with E-state index in [9.17, 15) is 25.2 Å². The van der Waals surface area contributed by atoms with Crippen molar-refractivity contribution in [2.75, 3.05) is 39.8 Å². The van der Waals surface area contributed by atoms with Crippen LogP contribution in [0.1, 0.15) is 32.6 Å². The number of likely N-dealkylation sites (N-methyl/N-ethyl adjacent to an activating group) is 1. The average Bonchev–Trinajstić information content (AvgIpc) is 2.91. The molecule has 2 heterocycles. The molecule has 12 atom stereocenters. The fourth-order valence-corrected chi connectivity index (χ4v) is 5.97. The molecule has 2 fully saturated rings. The minimum absolute atomic E-state index is 0.0455. The van der Waals surface area contributed by atoms with Crippen molar-refractivity contribution in [1.29, 1.82) is 0 Å². The van der Waals surface area contributed by atoms with Crippen molar-refractivity contribution in [1.82, 2.24) is 16.0 Å². The quantitative estimate of drug-likeness (QED) is 0.0901. The Bertz CT molecular complexity index is 868. The zero-order chi connectivity index (χ0) is 30.3. The Morgan fingerprint density at radius 3 is 2.61 bits per heavy atom. The van der Waals surface area contributed by atoms with Crippen LogP contribution in [-0.4, -0.2) is 133 Å². The predicted molar refractivity (Wildman–Crippen MR) is 150 cm³/mol. The molecule has 1 unspecified atom stereocenters. The Labute approximate surface area is 241 Å². The molecule has 3 aliphatic rings. The van der Waals surface area contributed by atoms with Crippen LogP contribution in [0.15, 0.2) is 11.8 Å². The molecule has 0 aromatic carbocycles. The molecule has 0 spiro atoms. The Kier molecular flexibility index (Phi) is 12.7. The lowest BCUT2D eigenvalue weighted by molar-refractivity contribution is -0.297. The van der Waals surface area contributed by atoms with Crippen LogP contribution >= 0.6 is 0 Å². The molecular weight excluding hydrogens is 538 g/mol.